The fraction of sp³-hybridized carbons (Fsp3) is 0.365. The van der Waals surface area contributed by atoms with E-state index in [0.29, 0.717) is 26.4 Å². The van der Waals surface area contributed by atoms with Crippen LogP contribution < -0.4 is 4.90 Å². The fourth-order valence-corrected chi connectivity index (χ4v) is 18.0. The van der Waals surface area contributed by atoms with Gasteiger partial charge in [-0.25, -0.2) is 9.59 Å². The van der Waals surface area contributed by atoms with E-state index in [-0.39, 0.29) is 19.4 Å². The fourth-order valence-electron chi connectivity index (χ4n) is 9.22. The standard InChI is InChI=1S/C34H38O4S4.C28H34O2S4.C8H11N.C3H3ClO.CH4/c1-3-33(35)37-23-11-7-5-9-13-25-15-17-27(39-25)29-19-21-31(41-29)32-22-20-30(42-32)28-18-16-26(40-28)14-10-6-8-12-24-38-34(36)4-2;29-19-7-3-1-5-9-21-11-13-23(31-21)25-15-17-27(33-25)28-18-16-26(34-28)24-14-12-22(32-24)10-6-2-4-8-20-30;1-9(2)8-6-4-3-5-7-8;1-2-3(4)5;/h3-4,15-22H,1-2,5-14,23-24H2;11-18,29-30H,1-10,19-20H2;3-7H,1-2H3;2H,1H2;1H4. The van der Waals surface area contributed by atoms with E-state index in [9.17, 15) is 14.4 Å². The molecule has 0 spiro atoms. The van der Waals surface area contributed by atoms with Gasteiger partial charge >= 0.3 is 11.9 Å². The number of hydrogen-bond acceptors (Lipinski definition) is 16. The number of carbonyl (C=O) groups excluding carboxylic acids is 3. The number of hydrogen-bond donors (Lipinski definition) is 2. The number of esters is 2. The average Bonchev–Trinajstić information content (AvgIpc) is 1.87. The van der Waals surface area contributed by atoms with E-state index in [2.05, 4.69) is 134 Å². The Bertz CT molecular complexity index is 3300. The van der Waals surface area contributed by atoms with Crippen molar-refractivity contribution in [2.45, 2.75) is 136 Å². The van der Waals surface area contributed by atoms with Crippen molar-refractivity contribution in [2.75, 3.05) is 45.4 Å². The normalized spacial score (nSPS) is 10.6. The predicted molar refractivity (Wildman–Crippen MR) is 402 cm³/mol. The SMILES string of the molecule is C.C=CC(=O)Cl.C=CC(=O)OCCCCCCc1ccc(-c2ccc(-c3ccc(-c4ccc(CCCCCCOC(=O)C=C)s4)s3)s2)s1.CN(C)c1ccccc1.OCCCCCCc1ccc(-c2ccc(-c3ccc(-c4ccc(CCCCCCO)s4)s3)s2)s1. The molecule has 0 bridgehead atoms. The number of carbonyl (C=O) groups is 3. The van der Waals surface area contributed by atoms with Crippen molar-refractivity contribution in [1.29, 1.82) is 0 Å². The van der Waals surface area contributed by atoms with Crippen LogP contribution in [0.2, 0.25) is 0 Å². The van der Waals surface area contributed by atoms with Crippen LogP contribution in [0, 0.1) is 0 Å². The molecule has 0 aliphatic carbocycles. The number of para-hydroxylation sites is 1. The van der Waals surface area contributed by atoms with Crippen LogP contribution in [0.15, 0.2) is 165 Å². The topological polar surface area (TPSA) is 113 Å². The molecular formula is C74H90ClNO7S8. The molecule has 0 saturated carbocycles. The van der Waals surface area contributed by atoms with E-state index >= 15 is 0 Å². The Morgan fingerprint density at radius 1 is 0.374 bits per heavy atom. The highest BCUT2D eigenvalue weighted by molar-refractivity contribution is 7.29. The third-order valence-electron chi connectivity index (χ3n) is 14.1. The van der Waals surface area contributed by atoms with E-state index in [0.717, 1.165) is 109 Å². The zero-order valence-electron chi connectivity index (χ0n) is 52.0. The van der Waals surface area contributed by atoms with Crippen LogP contribution in [0.5, 0.6) is 0 Å². The number of rotatable bonds is 36. The Morgan fingerprint density at radius 2 is 0.615 bits per heavy atom. The second kappa shape index (κ2) is 44.3. The summed E-state index contributed by atoms with van der Waals surface area (Å²) < 4.78 is 10.1. The molecule has 488 valence electrons. The van der Waals surface area contributed by atoms with Crippen LogP contribution >= 0.6 is 102 Å². The van der Waals surface area contributed by atoms with Gasteiger partial charge in [-0.15, -0.1) is 90.7 Å². The molecule has 0 aliphatic rings. The van der Waals surface area contributed by atoms with Gasteiger partial charge in [0.25, 0.3) is 0 Å². The van der Waals surface area contributed by atoms with Crippen LogP contribution in [-0.4, -0.2) is 67.9 Å². The average molecular weight is 1400 g/mol. The van der Waals surface area contributed by atoms with E-state index in [1.54, 1.807) is 0 Å². The molecule has 0 atom stereocenters. The molecule has 0 fully saturated rings. The highest BCUT2D eigenvalue weighted by Gasteiger charge is 2.15. The highest BCUT2D eigenvalue weighted by atomic mass is 35.5. The highest BCUT2D eigenvalue weighted by Crippen LogP contribution is 2.45. The van der Waals surface area contributed by atoms with Crippen molar-refractivity contribution in [1.82, 2.24) is 0 Å². The Morgan fingerprint density at radius 3 is 0.846 bits per heavy atom. The Balaban J connectivity index is 0.000000273. The first-order valence-electron chi connectivity index (χ1n) is 31.0. The van der Waals surface area contributed by atoms with Gasteiger partial charge in [0.1, 0.15) is 0 Å². The van der Waals surface area contributed by atoms with Crippen molar-refractivity contribution in [2.24, 2.45) is 0 Å². The monoisotopic (exact) mass is 1400 g/mol. The minimum atomic E-state index is -0.509. The molecule has 0 saturated heterocycles. The molecule has 0 unspecified atom stereocenters. The van der Waals surface area contributed by atoms with Crippen LogP contribution in [0.3, 0.4) is 0 Å². The molecule has 0 amide bonds. The summed E-state index contributed by atoms with van der Waals surface area (Å²) in [6.07, 6.45) is 25.5. The molecule has 0 aliphatic heterocycles. The van der Waals surface area contributed by atoms with Gasteiger partial charge in [-0.05, 0) is 204 Å². The van der Waals surface area contributed by atoms with E-state index in [1.165, 1.54) is 122 Å². The molecule has 9 rings (SSSR count). The molecule has 17 heteroatoms. The number of nitrogens with zero attached hydrogens (tertiary/aromatic N) is 1. The zero-order chi connectivity index (χ0) is 64.1. The molecule has 0 radical (unpaired) electrons. The van der Waals surface area contributed by atoms with Gasteiger partial charge in [0.2, 0.25) is 5.24 Å². The number of aliphatic hydroxyl groups is 2. The minimum absolute atomic E-state index is 0. The van der Waals surface area contributed by atoms with Gasteiger partial charge in [-0.1, -0.05) is 96.7 Å². The second-order valence-corrected chi connectivity index (χ2v) is 30.7. The first-order chi connectivity index (χ1) is 43.9. The van der Waals surface area contributed by atoms with E-state index in [4.69, 9.17) is 31.3 Å². The summed E-state index contributed by atoms with van der Waals surface area (Å²) in [6, 6.07) is 46.6. The second-order valence-electron chi connectivity index (χ2n) is 21.3. The van der Waals surface area contributed by atoms with Gasteiger partial charge in [0.05, 0.1) is 13.2 Å². The summed E-state index contributed by atoms with van der Waals surface area (Å²) in [5.74, 6) is -0.674. The van der Waals surface area contributed by atoms with Crippen LogP contribution in [0.25, 0.3) is 58.5 Å². The summed E-state index contributed by atoms with van der Waals surface area (Å²) in [7, 11) is 4.07. The number of aryl methyl sites for hydroxylation is 4. The zero-order valence-corrected chi connectivity index (χ0v) is 59.3. The molecule has 91 heavy (non-hydrogen) atoms. The molecule has 1 aromatic carbocycles. The Hall–Kier alpha value is -5.34. The lowest BCUT2D eigenvalue weighted by molar-refractivity contribution is -0.138. The smallest absolute Gasteiger partial charge is 0.330 e. The quantitative estimate of drug-likeness (QED) is 0.0173. The summed E-state index contributed by atoms with van der Waals surface area (Å²) in [6.45, 7) is 11.5. The number of allylic oxidation sites excluding steroid dienone is 1. The number of unbranched alkanes of at least 4 members (excludes halogenated alkanes) is 12. The molecule has 8 heterocycles. The van der Waals surface area contributed by atoms with Crippen molar-refractivity contribution >= 4 is 125 Å². The first kappa shape index (κ1) is 76.4. The van der Waals surface area contributed by atoms with Crippen molar-refractivity contribution in [3.05, 3.63) is 185 Å². The van der Waals surface area contributed by atoms with Crippen molar-refractivity contribution < 1.29 is 34.1 Å². The molecule has 2 N–H and O–H groups in total. The number of benzene rings is 1. The summed E-state index contributed by atoms with van der Waals surface area (Å²) >= 11 is 19.9. The third kappa shape index (κ3) is 28.4. The number of halogens is 1. The Kier molecular flexibility index (Phi) is 37.2. The largest absolute Gasteiger partial charge is 0.463 e. The lowest BCUT2D eigenvalue weighted by atomic mass is 10.1. The van der Waals surface area contributed by atoms with Crippen LogP contribution in [0.4, 0.5) is 5.69 Å². The van der Waals surface area contributed by atoms with Gasteiger partial charge in [-0.3, -0.25) is 4.79 Å². The van der Waals surface area contributed by atoms with Gasteiger partial charge in [-0.2, -0.15) is 0 Å². The summed E-state index contributed by atoms with van der Waals surface area (Å²) in [5.41, 5.74) is 1.25. The van der Waals surface area contributed by atoms with Gasteiger partial charge < -0.3 is 24.6 Å². The van der Waals surface area contributed by atoms with E-state index < -0.39 is 5.24 Å². The van der Waals surface area contributed by atoms with Gasteiger partial charge in [0.15, 0.2) is 0 Å². The number of aliphatic hydroxyl groups excluding tert-OH is 2. The molecular weight excluding hydrogens is 1310 g/mol. The van der Waals surface area contributed by atoms with Crippen molar-refractivity contribution in [3.8, 4) is 58.5 Å². The number of ether oxygens (including phenoxy) is 2. The minimum Gasteiger partial charge on any atom is -0.463 e. The number of thiophene rings is 8. The van der Waals surface area contributed by atoms with E-state index in [1.807, 2.05) is 123 Å². The summed E-state index contributed by atoms with van der Waals surface area (Å²) in [4.78, 5) is 55.7. The maximum atomic E-state index is 11.1. The third-order valence-corrected chi connectivity index (χ3v) is 24.3. The Labute approximate surface area is 578 Å². The molecule has 8 nitrogen and oxygen atoms in total. The van der Waals surface area contributed by atoms with Crippen molar-refractivity contribution in [3.63, 3.8) is 0 Å². The first-order valence-corrected chi connectivity index (χ1v) is 37.9. The number of anilines is 1. The summed E-state index contributed by atoms with van der Waals surface area (Å²) in [5, 5.41) is 17.3. The lowest BCUT2D eigenvalue weighted by Gasteiger charge is -2.10. The molecule has 8 aromatic heterocycles. The van der Waals surface area contributed by atoms with Gasteiger partial charge in [0, 0.05) is 123 Å². The maximum absolute atomic E-state index is 11.1. The predicted octanol–water partition coefficient (Wildman–Crippen LogP) is 23.0. The van der Waals surface area contributed by atoms with Crippen LogP contribution in [0.1, 0.15) is 130 Å². The maximum Gasteiger partial charge on any atom is 0.330 e. The molecule has 9 aromatic rings. The van der Waals surface area contributed by atoms with Crippen LogP contribution in [-0.2, 0) is 49.5 Å². The lowest BCUT2D eigenvalue weighted by Crippen LogP contribution is -2.07.